The molecule has 0 aliphatic carbocycles. The molecule has 0 spiro atoms. The second-order valence-electron chi connectivity index (χ2n) is 8.26. The van der Waals surface area contributed by atoms with Gasteiger partial charge in [0.05, 0.1) is 5.69 Å². The molecule has 4 heterocycles. The molecule has 31 heavy (non-hydrogen) atoms. The van der Waals surface area contributed by atoms with Crippen LogP contribution >= 0.6 is 0 Å². The minimum Gasteiger partial charge on any atom is -0.362 e. The lowest BCUT2D eigenvalue weighted by Gasteiger charge is -2.42. The van der Waals surface area contributed by atoms with Crippen molar-refractivity contribution in [3.63, 3.8) is 0 Å². The van der Waals surface area contributed by atoms with Gasteiger partial charge in [0.1, 0.15) is 6.33 Å². The van der Waals surface area contributed by atoms with Crippen LogP contribution < -0.4 is 10.2 Å². The number of nitrogens with zero attached hydrogens (tertiary/aromatic N) is 5. The number of aromatic nitrogens is 3. The van der Waals surface area contributed by atoms with Gasteiger partial charge in [0.15, 0.2) is 5.65 Å². The Labute approximate surface area is 182 Å². The lowest BCUT2D eigenvalue weighted by Crippen LogP contribution is -2.55. The Morgan fingerprint density at radius 3 is 2.65 bits per heavy atom. The van der Waals surface area contributed by atoms with Crippen LogP contribution in [0.5, 0.6) is 0 Å². The van der Waals surface area contributed by atoms with Crippen molar-refractivity contribution in [2.24, 2.45) is 0 Å². The summed E-state index contributed by atoms with van der Waals surface area (Å²) >= 11 is 0. The molecular weight excluding hydrogens is 388 g/mol. The van der Waals surface area contributed by atoms with E-state index in [1.807, 2.05) is 34.8 Å². The highest BCUT2D eigenvalue weighted by Gasteiger charge is 2.41. The van der Waals surface area contributed by atoms with Gasteiger partial charge in [-0.15, -0.1) is 6.42 Å². The van der Waals surface area contributed by atoms with Crippen molar-refractivity contribution >= 4 is 17.2 Å². The predicted octanol–water partition coefficient (Wildman–Crippen LogP) is 2.07. The van der Waals surface area contributed by atoms with Gasteiger partial charge in [0, 0.05) is 55.9 Å². The van der Waals surface area contributed by atoms with Gasteiger partial charge in [-0.3, -0.25) is 4.79 Å². The summed E-state index contributed by atoms with van der Waals surface area (Å²) in [5.74, 6) is 2.90. The molecule has 2 aliphatic heterocycles. The third-order valence-corrected chi connectivity index (χ3v) is 6.37. The number of rotatable bonds is 6. The van der Waals surface area contributed by atoms with Gasteiger partial charge in [-0.2, -0.15) is 5.10 Å². The predicted molar refractivity (Wildman–Crippen MR) is 120 cm³/mol. The van der Waals surface area contributed by atoms with Crippen LogP contribution in [0.2, 0.25) is 0 Å². The molecule has 7 heteroatoms. The average Bonchev–Trinajstić information content (AvgIpc) is 3.39. The highest BCUT2D eigenvalue weighted by Crippen LogP contribution is 2.35. The first-order chi connectivity index (χ1) is 15.2. The summed E-state index contributed by atoms with van der Waals surface area (Å²) in [4.78, 5) is 21.6. The minimum absolute atomic E-state index is 0.227. The first-order valence-corrected chi connectivity index (χ1v) is 10.8. The molecule has 2 unspecified atom stereocenters. The number of likely N-dealkylation sites (tertiary alicyclic amines) is 1. The van der Waals surface area contributed by atoms with Gasteiger partial charge in [0.25, 0.3) is 0 Å². The van der Waals surface area contributed by atoms with E-state index in [2.05, 4.69) is 43.3 Å². The Balaban J connectivity index is 1.14. The lowest BCUT2D eigenvalue weighted by atomic mass is 10.1. The molecule has 0 radical (unpaired) electrons. The van der Waals surface area contributed by atoms with Crippen LogP contribution in [0.4, 0.5) is 5.69 Å². The first-order valence-electron chi connectivity index (χ1n) is 10.8. The third kappa shape index (κ3) is 3.87. The maximum Gasteiger partial charge on any atom is 0.223 e. The highest BCUT2D eigenvalue weighted by atomic mass is 16.2. The van der Waals surface area contributed by atoms with Crippen molar-refractivity contribution in [1.82, 2.24) is 24.8 Å². The molecule has 2 saturated heterocycles. The van der Waals surface area contributed by atoms with Gasteiger partial charge in [-0.05, 0) is 49.2 Å². The van der Waals surface area contributed by atoms with Crippen molar-refractivity contribution in [2.45, 2.75) is 37.9 Å². The number of amides is 1. The number of carbonyl (C=O) groups excluding carboxylic acids is 1. The Hall–Kier alpha value is -3.37. The summed E-state index contributed by atoms with van der Waals surface area (Å²) in [5, 5.41) is 7.62. The SMILES string of the molecule is C#Cc1ccc(N2C3CCC2CN(C(=O)CCNCc2cccc4ncnn24)C3)cc1. The second kappa shape index (κ2) is 8.40. The van der Waals surface area contributed by atoms with Gasteiger partial charge >= 0.3 is 0 Å². The molecule has 2 aliphatic rings. The number of hydrogen-bond acceptors (Lipinski definition) is 5. The Morgan fingerprint density at radius 1 is 1.13 bits per heavy atom. The zero-order valence-electron chi connectivity index (χ0n) is 17.4. The van der Waals surface area contributed by atoms with Crippen LogP contribution in [0.3, 0.4) is 0 Å². The van der Waals surface area contributed by atoms with Crippen molar-refractivity contribution in [2.75, 3.05) is 24.5 Å². The molecular formula is C24H26N6O. The van der Waals surface area contributed by atoms with E-state index < -0.39 is 0 Å². The zero-order valence-corrected chi connectivity index (χ0v) is 17.4. The van der Waals surface area contributed by atoms with Crippen molar-refractivity contribution in [3.8, 4) is 12.3 Å². The average molecular weight is 415 g/mol. The van der Waals surface area contributed by atoms with E-state index in [0.717, 1.165) is 42.8 Å². The summed E-state index contributed by atoms with van der Waals surface area (Å²) in [6.07, 6.45) is 9.80. The summed E-state index contributed by atoms with van der Waals surface area (Å²) in [6.45, 7) is 2.89. The van der Waals surface area contributed by atoms with E-state index in [-0.39, 0.29) is 5.91 Å². The Kier molecular flexibility index (Phi) is 5.31. The highest BCUT2D eigenvalue weighted by molar-refractivity contribution is 5.77. The standard InChI is InChI=1S/C24H26N6O/c1-2-18-6-8-19(9-7-18)29-21-10-11-22(29)16-28(15-21)24(31)12-13-25-14-20-4-3-5-23-26-17-27-30(20)23/h1,3-9,17,21-22,25H,10-16H2. The van der Waals surface area contributed by atoms with Crippen molar-refractivity contribution in [3.05, 3.63) is 60.0 Å². The zero-order chi connectivity index (χ0) is 21.2. The monoisotopic (exact) mass is 414 g/mol. The summed E-state index contributed by atoms with van der Waals surface area (Å²) in [7, 11) is 0. The van der Waals surface area contributed by atoms with Crippen LogP contribution in [0.25, 0.3) is 5.65 Å². The van der Waals surface area contributed by atoms with E-state index in [1.54, 1.807) is 6.33 Å². The Bertz CT molecular complexity index is 1100. The van der Waals surface area contributed by atoms with Gasteiger partial charge in [-0.1, -0.05) is 12.0 Å². The maximum atomic E-state index is 12.8. The number of carbonyl (C=O) groups is 1. The fourth-order valence-corrected chi connectivity index (χ4v) is 4.86. The summed E-state index contributed by atoms with van der Waals surface area (Å²) < 4.78 is 1.82. The summed E-state index contributed by atoms with van der Waals surface area (Å²) in [5.41, 5.74) is 3.97. The molecule has 1 aromatic carbocycles. The molecule has 3 aromatic rings. The van der Waals surface area contributed by atoms with Crippen LogP contribution in [0, 0.1) is 12.3 Å². The topological polar surface area (TPSA) is 65.8 Å². The number of fused-ring (bicyclic) bond motifs is 3. The molecule has 1 amide bonds. The van der Waals surface area contributed by atoms with E-state index in [1.165, 1.54) is 5.69 Å². The molecule has 158 valence electrons. The molecule has 2 bridgehead atoms. The number of hydrogen-bond donors (Lipinski definition) is 1. The number of pyridine rings is 1. The first kappa shape index (κ1) is 19.6. The quantitative estimate of drug-likeness (QED) is 0.494. The van der Waals surface area contributed by atoms with E-state index in [0.29, 0.717) is 31.6 Å². The number of piperazine rings is 1. The molecule has 5 rings (SSSR count). The smallest absolute Gasteiger partial charge is 0.223 e. The maximum absolute atomic E-state index is 12.8. The number of terminal acetylenes is 1. The Morgan fingerprint density at radius 2 is 1.90 bits per heavy atom. The van der Waals surface area contributed by atoms with Crippen LogP contribution in [0.15, 0.2) is 48.8 Å². The fourth-order valence-electron chi connectivity index (χ4n) is 4.86. The van der Waals surface area contributed by atoms with Gasteiger partial charge < -0.3 is 15.1 Å². The van der Waals surface area contributed by atoms with E-state index in [9.17, 15) is 4.79 Å². The number of anilines is 1. The lowest BCUT2D eigenvalue weighted by molar-refractivity contribution is -0.132. The van der Waals surface area contributed by atoms with E-state index >= 15 is 0 Å². The molecule has 7 nitrogen and oxygen atoms in total. The van der Waals surface area contributed by atoms with E-state index in [4.69, 9.17) is 6.42 Å². The molecule has 2 aromatic heterocycles. The van der Waals surface area contributed by atoms with Gasteiger partial charge in [-0.25, -0.2) is 9.50 Å². The van der Waals surface area contributed by atoms with Crippen LogP contribution in [-0.2, 0) is 11.3 Å². The van der Waals surface area contributed by atoms with Gasteiger partial charge in [0.2, 0.25) is 5.91 Å². The molecule has 2 atom stereocenters. The molecule has 0 saturated carbocycles. The third-order valence-electron chi connectivity index (χ3n) is 6.37. The number of nitrogens with one attached hydrogen (secondary N) is 1. The van der Waals surface area contributed by atoms with Crippen molar-refractivity contribution < 1.29 is 4.79 Å². The van der Waals surface area contributed by atoms with Crippen LogP contribution in [-0.4, -0.2) is 57.1 Å². The van der Waals surface area contributed by atoms with Crippen molar-refractivity contribution in [1.29, 1.82) is 0 Å². The fraction of sp³-hybridized carbons (Fsp3) is 0.375. The van der Waals surface area contributed by atoms with Crippen LogP contribution in [0.1, 0.15) is 30.5 Å². The normalized spacial score (nSPS) is 20.2. The molecule has 2 fully saturated rings. The molecule has 1 N–H and O–H groups in total. The second-order valence-corrected chi connectivity index (χ2v) is 8.26. The number of benzene rings is 1. The minimum atomic E-state index is 0.227. The summed E-state index contributed by atoms with van der Waals surface area (Å²) in [6, 6.07) is 14.9. The largest absolute Gasteiger partial charge is 0.362 e.